The summed E-state index contributed by atoms with van der Waals surface area (Å²) >= 11 is 0. The maximum atomic E-state index is 12.3. The van der Waals surface area contributed by atoms with Crippen molar-refractivity contribution < 1.29 is 19.2 Å². The van der Waals surface area contributed by atoms with Crippen molar-refractivity contribution in [3.63, 3.8) is 0 Å². The van der Waals surface area contributed by atoms with Crippen molar-refractivity contribution in [2.75, 3.05) is 6.54 Å². The Balaban J connectivity index is 1.90. The van der Waals surface area contributed by atoms with E-state index >= 15 is 0 Å². The van der Waals surface area contributed by atoms with Crippen LogP contribution < -0.4 is 22.1 Å². The Morgan fingerprint density at radius 1 is 0.800 bits per heavy atom. The molecule has 8 heteroatoms. The van der Waals surface area contributed by atoms with E-state index in [2.05, 4.69) is 10.6 Å². The van der Waals surface area contributed by atoms with Crippen LogP contribution in [0.2, 0.25) is 0 Å². The van der Waals surface area contributed by atoms with Gasteiger partial charge in [0.05, 0.1) is 6.54 Å². The van der Waals surface area contributed by atoms with Crippen molar-refractivity contribution in [3.8, 4) is 11.1 Å². The molecule has 4 amide bonds. The van der Waals surface area contributed by atoms with E-state index in [9.17, 15) is 19.2 Å². The van der Waals surface area contributed by atoms with Gasteiger partial charge in [0.25, 0.3) is 0 Å². The van der Waals surface area contributed by atoms with Crippen molar-refractivity contribution in [3.05, 3.63) is 60.2 Å². The molecule has 6 N–H and O–H groups in total. The molecule has 0 spiro atoms. The maximum absolute atomic E-state index is 12.3. The zero-order valence-corrected chi connectivity index (χ0v) is 16.6. The first-order valence-electron chi connectivity index (χ1n) is 9.63. The predicted octanol–water partition coefficient (Wildman–Crippen LogP) is 0.638. The molecule has 0 aliphatic heterocycles. The van der Waals surface area contributed by atoms with Gasteiger partial charge in [0.15, 0.2) is 0 Å². The zero-order valence-electron chi connectivity index (χ0n) is 16.6. The molecule has 0 radical (unpaired) electrons. The number of aryl methyl sites for hydroxylation is 1. The Hall–Kier alpha value is -3.68. The molecule has 158 valence electrons. The van der Waals surface area contributed by atoms with Gasteiger partial charge in [-0.15, -0.1) is 0 Å². The molecule has 30 heavy (non-hydrogen) atoms. The number of hydrogen-bond donors (Lipinski definition) is 4. The van der Waals surface area contributed by atoms with Crippen LogP contribution in [0.5, 0.6) is 0 Å². The van der Waals surface area contributed by atoms with Gasteiger partial charge in [-0.1, -0.05) is 54.6 Å². The lowest BCUT2D eigenvalue weighted by atomic mass is 10.0. The van der Waals surface area contributed by atoms with Gasteiger partial charge in [0, 0.05) is 12.8 Å². The van der Waals surface area contributed by atoms with Crippen molar-refractivity contribution in [2.24, 2.45) is 11.5 Å². The van der Waals surface area contributed by atoms with Crippen molar-refractivity contribution in [1.29, 1.82) is 0 Å². The fraction of sp³-hybridized carbons (Fsp3) is 0.273. The third-order valence-electron chi connectivity index (χ3n) is 4.47. The molecule has 2 aromatic carbocycles. The van der Waals surface area contributed by atoms with Gasteiger partial charge in [0.2, 0.25) is 23.6 Å². The minimum Gasteiger partial charge on any atom is -0.370 e. The van der Waals surface area contributed by atoms with Crippen LogP contribution in [0.25, 0.3) is 11.1 Å². The summed E-state index contributed by atoms with van der Waals surface area (Å²) in [6, 6.07) is 16.9. The molecule has 0 aromatic heterocycles. The van der Waals surface area contributed by atoms with E-state index in [1.807, 2.05) is 54.6 Å². The second kappa shape index (κ2) is 11.4. The number of primary amides is 2. The van der Waals surface area contributed by atoms with Crippen LogP contribution in [0, 0.1) is 0 Å². The summed E-state index contributed by atoms with van der Waals surface area (Å²) in [5.41, 5.74) is 13.3. The second-order valence-corrected chi connectivity index (χ2v) is 6.87. The van der Waals surface area contributed by atoms with Crippen LogP contribution in [0.15, 0.2) is 54.6 Å². The molecular formula is C22H26N4O4. The average molecular weight is 410 g/mol. The molecule has 1 unspecified atom stereocenters. The monoisotopic (exact) mass is 410 g/mol. The lowest BCUT2D eigenvalue weighted by Crippen LogP contribution is -2.48. The summed E-state index contributed by atoms with van der Waals surface area (Å²) < 4.78 is 0. The predicted molar refractivity (Wildman–Crippen MR) is 113 cm³/mol. The first-order chi connectivity index (χ1) is 14.3. The van der Waals surface area contributed by atoms with Crippen LogP contribution in [-0.4, -0.2) is 36.2 Å². The standard InChI is InChI=1S/C22H26N4O4/c23-19(27)12-11-18(22(30)25-14-20(24)28)26-21(29)13-8-15-6-9-17(10-7-15)16-4-2-1-3-5-16/h1-7,9-10,18H,8,11-14H2,(H2,23,27)(H2,24,28)(H,25,30)(H,26,29). The number of hydrogen-bond acceptors (Lipinski definition) is 4. The van der Waals surface area contributed by atoms with Gasteiger partial charge in [-0.25, -0.2) is 0 Å². The molecule has 0 bridgehead atoms. The summed E-state index contributed by atoms with van der Waals surface area (Å²) in [6.45, 7) is -0.352. The van der Waals surface area contributed by atoms with E-state index in [4.69, 9.17) is 11.5 Å². The number of carbonyl (C=O) groups excluding carboxylic acids is 4. The van der Waals surface area contributed by atoms with E-state index in [1.54, 1.807) is 0 Å². The molecular weight excluding hydrogens is 384 g/mol. The quantitative estimate of drug-likeness (QED) is 0.431. The Kier molecular flexibility index (Phi) is 8.56. The van der Waals surface area contributed by atoms with Crippen LogP contribution in [-0.2, 0) is 25.6 Å². The minimum atomic E-state index is -0.968. The first kappa shape index (κ1) is 22.6. The summed E-state index contributed by atoms with van der Waals surface area (Å²) in [5, 5.41) is 4.92. The van der Waals surface area contributed by atoms with Gasteiger partial charge in [-0.05, 0) is 29.5 Å². The Morgan fingerprint density at radius 2 is 1.43 bits per heavy atom. The first-order valence-corrected chi connectivity index (χ1v) is 9.63. The van der Waals surface area contributed by atoms with Gasteiger partial charge in [-0.2, -0.15) is 0 Å². The number of carbonyl (C=O) groups is 4. The Labute approximate surface area is 175 Å². The van der Waals surface area contributed by atoms with Crippen LogP contribution >= 0.6 is 0 Å². The van der Waals surface area contributed by atoms with Gasteiger partial charge in [-0.3, -0.25) is 19.2 Å². The number of nitrogens with two attached hydrogens (primary N) is 2. The van der Waals surface area contributed by atoms with Gasteiger partial charge < -0.3 is 22.1 Å². The molecule has 1 atom stereocenters. The third-order valence-corrected chi connectivity index (χ3v) is 4.47. The highest BCUT2D eigenvalue weighted by Gasteiger charge is 2.21. The van der Waals surface area contributed by atoms with Crippen molar-refractivity contribution in [1.82, 2.24) is 10.6 Å². The SMILES string of the molecule is NC(=O)CCC(NC(=O)CCc1ccc(-c2ccccc2)cc1)C(=O)NCC(N)=O. The lowest BCUT2D eigenvalue weighted by Gasteiger charge is -2.17. The van der Waals surface area contributed by atoms with Crippen molar-refractivity contribution >= 4 is 23.6 Å². The highest BCUT2D eigenvalue weighted by atomic mass is 16.2. The lowest BCUT2D eigenvalue weighted by molar-refractivity contribution is -0.130. The fourth-order valence-electron chi connectivity index (χ4n) is 2.87. The van der Waals surface area contributed by atoms with Gasteiger partial charge in [0.1, 0.15) is 6.04 Å². The summed E-state index contributed by atoms with van der Waals surface area (Å²) in [7, 11) is 0. The number of benzene rings is 2. The number of rotatable bonds is 11. The van der Waals surface area contributed by atoms with Crippen LogP contribution in [0.1, 0.15) is 24.8 Å². The molecule has 0 aliphatic carbocycles. The molecule has 0 fully saturated rings. The zero-order chi connectivity index (χ0) is 21.9. The molecule has 2 rings (SSSR count). The molecule has 0 heterocycles. The average Bonchev–Trinajstić information content (AvgIpc) is 2.74. The van der Waals surface area contributed by atoms with Crippen LogP contribution in [0.3, 0.4) is 0 Å². The summed E-state index contributed by atoms with van der Waals surface area (Å²) in [6.07, 6.45) is 0.626. The van der Waals surface area contributed by atoms with E-state index in [1.165, 1.54) is 0 Å². The van der Waals surface area contributed by atoms with E-state index in [0.29, 0.717) is 6.42 Å². The largest absolute Gasteiger partial charge is 0.370 e. The molecule has 0 saturated heterocycles. The second-order valence-electron chi connectivity index (χ2n) is 6.87. The molecule has 8 nitrogen and oxygen atoms in total. The Bertz CT molecular complexity index is 882. The third kappa shape index (κ3) is 7.75. The van der Waals surface area contributed by atoms with E-state index in [0.717, 1.165) is 16.7 Å². The summed E-state index contributed by atoms with van der Waals surface area (Å²) in [5.74, 6) is -2.22. The minimum absolute atomic E-state index is 0.0391. The van der Waals surface area contributed by atoms with Crippen LogP contribution in [0.4, 0.5) is 0 Å². The van der Waals surface area contributed by atoms with E-state index < -0.39 is 23.8 Å². The number of amides is 4. The topological polar surface area (TPSA) is 144 Å². The van der Waals surface area contributed by atoms with Gasteiger partial charge >= 0.3 is 0 Å². The van der Waals surface area contributed by atoms with Crippen molar-refractivity contribution in [2.45, 2.75) is 31.7 Å². The molecule has 0 aliphatic rings. The summed E-state index contributed by atoms with van der Waals surface area (Å²) in [4.78, 5) is 46.3. The molecule has 2 aromatic rings. The maximum Gasteiger partial charge on any atom is 0.243 e. The fourth-order valence-corrected chi connectivity index (χ4v) is 2.87. The highest BCUT2D eigenvalue weighted by molar-refractivity contribution is 5.90. The highest BCUT2D eigenvalue weighted by Crippen LogP contribution is 2.19. The smallest absolute Gasteiger partial charge is 0.243 e. The normalized spacial score (nSPS) is 11.3. The molecule has 0 saturated carbocycles. The van der Waals surface area contributed by atoms with E-state index in [-0.39, 0.29) is 31.7 Å². The number of nitrogens with one attached hydrogen (secondary N) is 2. The Morgan fingerprint density at radius 3 is 2.03 bits per heavy atom.